The maximum absolute atomic E-state index is 10.4. The maximum atomic E-state index is 10.4. The van der Waals surface area contributed by atoms with Crippen molar-refractivity contribution < 1.29 is 19.8 Å². The molecule has 0 heterocycles. The van der Waals surface area contributed by atoms with Crippen molar-refractivity contribution >= 4 is 11.9 Å². The van der Waals surface area contributed by atoms with E-state index in [-0.39, 0.29) is 0 Å². The van der Waals surface area contributed by atoms with Gasteiger partial charge in [0.15, 0.2) is 0 Å². The molecule has 172 valence electrons. The van der Waals surface area contributed by atoms with E-state index in [1.807, 2.05) is 0 Å². The van der Waals surface area contributed by atoms with Crippen LogP contribution in [0.2, 0.25) is 0 Å². The molecule has 0 aromatic heterocycles. The molecule has 0 aromatic carbocycles. The van der Waals surface area contributed by atoms with E-state index < -0.39 is 11.9 Å². The fraction of sp³-hybridized carbons (Fsp3) is 0.917. The molecule has 0 bridgehead atoms. The van der Waals surface area contributed by atoms with Crippen LogP contribution in [0.3, 0.4) is 0 Å². The lowest BCUT2D eigenvalue weighted by Gasteiger charge is -2.05. The number of aliphatic carboxylic acids is 2. The average Bonchev–Trinajstić information content (AvgIpc) is 2.68. The molecule has 5 nitrogen and oxygen atoms in total. The molecule has 0 aliphatic carbocycles. The molecule has 0 aliphatic rings. The summed E-state index contributed by atoms with van der Waals surface area (Å²) in [5.74, 6) is -1.34. The predicted octanol–water partition coefficient (Wildman–Crippen LogP) is 6.55. The summed E-state index contributed by atoms with van der Waals surface area (Å²) < 4.78 is 0. The van der Waals surface area contributed by atoms with E-state index in [1.54, 1.807) is 0 Å². The Bertz CT molecular complexity index is 340. The average molecular weight is 414 g/mol. The maximum Gasteiger partial charge on any atom is 0.303 e. The Labute approximate surface area is 179 Å². The van der Waals surface area contributed by atoms with Crippen molar-refractivity contribution in [1.29, 1.82) is 0 Å². The van der Waals surface area contributed by atoms with Crippen LogP contribution in [0.25, 0.3) is 0 Å². The van der Waals surface area contributed by atoms with Crippen molar-refractivity contribution in [3.05, 3.63) is 0 Å². The highest BCUT2D eigenvalue weighted by molar-refractivity contribution is 5.66. The molecule has 0 radical (unpaired) electrons. The normalized spacial score (nSPS) is 11.0. The molecule has 29 heavy (non-hydrogen) atoms. The number of rotatable bonds is 24. The molecule has 0 amide bonds. The quantitative estimate of drug-likeness (QED) is 0.156. The number of carboxylic acid groups (broad SMARTS) is 2. The van der Waals surface area contributed by atoms with E-state index in [0.717, 1.165) is 38.8 Å². The molecular formula is C24H47NO4. The van der Waals surface area contributed by atoms with Gasteiger partial charge < -0.3 is 15.5 Å². The lowest BCUT2D eigenvalue weighted by Crippen LogP contribution is -2.16. The zero-order chi connectivity index (χ0) is 21.4. The Morgan fingerprint density at radius 3 is 0.931 bits per heavy atom. The molecule has 0 saturated heterocycles. The van der Waals surface area contributed by atoms with Gasteiger partial charge in [-0.25, -0.2) is 0 Å². The summed E-state index contributed by atoms with van der Waals surface area (Å²) in [5.41, 5.74) is 0. The minimum atomic E-state index is -0.670. The molecule has 0 rings (SSSR count). The number of nitrogens with one attached hydrogen (secondary N) is 1. The smallest absolute Gasteiger partial charge is 0.303 e. The van der Waals surface area contributed by atoms with Gasteiger partial charge in [0.05, 0.1) is 0 Å². The summed E-state index contributed by atoms with van der Waals surface area (Å²) in [4.78, 5) is 20.8. The second kappa shape index (κ2) is 23.2. The van der Waals surface area contributed by atoms with Crippen molar-refractivity contribution in [1.82, 2.24) is 5.32 Å². The molecule has 0 saturated carbocycles. The van der Waals surface area contributed by atoms with Gasteiger partial charge in [-0.05, 0) is 38.8 Å². The van der Waals surface area contributed by atoms with Gasteiger partial charge in [0.2, 0.25) is 0 Å². The Hall–Kier alpha value is -1.10. The van der Waals surface area contributed by atoms with Crippen molar-refractivity contribution in [3.8, 4) is 0 Å². The van der Waals surface area contributed by atoms with Crippen molar-refractivity contribution in [3.63, 3.8) is 0 Å². The highest BCUT2D eigenvalue weighted by Crippen LogP contribution is 2.11. The first-order chi connectivity index (χ1) is 14.1. The SMILES string of the molecule is O=C(O)CCCCCCCCCCCNCCCCCCCCCCCC(=O)O. The molecule has 0 spiro atoms. The Morgan fingerprint density at radius 2 is 0.655 bits per heavy atom. The van der Waals surface area contributed by atoms with Crippen LogP contribution >= 0.6 is 0 Å². The minimum Gasteiger partial charge on any atom is -0.481 e. The predicted molar refractivity (Wildman–Crippen MR) is 120 cm³/mol. The monoisotopic (exact) mass is 413 g/mol. The van der Waals surface area contributed by atoms with Gasteiger partial charge in [-0.1, -0.05) is 89.9 Å². The van der Waals surface area contributed by atoms with E-state index in [9.17, 15) is 9.59 Å². The Balaban J connectivity index is 3.01. The zero-order valence-electron chi connectivity index (χ0n) is 18.8. The second-order valence-corrected chi connectivity index (χ2v) is 8.40. The first kappa shape index (κ1) is 27.9. The number of hydrogen-bond donors (Lipinski definition) is 3. The largest absolute Gasteiger partial charge is 0.481 e. The third-order valence-electron chi connectivity index (χ3n) is 5.49. The number of unbranched alkanes of at least 4 members (excludes halogenated alkanes) is 16. The van der Waals surface area contributed by atoms with Gasteiger partial charge >= 0.3 is 11.9 Å². The Morgan fingerprint density at radius 1 is 0.414 bits per heavy atom. The number of carbonyl (C=O) groups is 2. The molecule has 0 aliphatic heterocycles. The van der Waals surface area contributed by atoms with Crippen LogP contribution in [0.15, 0.2) is 0 Å². The van der Waals surface area contributed by atoms with Gasteiger partial charge in [0.25, 0.3) is 0 Å². The molecule has 3 N–H and O–H groups in total. The third-order valence-corrected chi connectivity index (χ3v) is 5.49. The molecular weight excluding hydrogens is 366 g/mol. The second-order valence-electron chi connectivity index (χ2n) is 8.40. The van der Waals surface area contributed by atoms with Crippen LogP contribution in [0.5, 0.6) is 0 Å². The molecule has 5 heteroatoms. The van der Waals surface area contributed by atoms with Crippen molar-refractivity contribution in [2.45, 2.75) is 128 Å². The van der Waals surface area contributed by atoms with E-state index in [2.05, 4.69) is 5.32 Å². The standard InChI is InChI=1S/C24H47NO4/c26-23(27)19-15-11-7-3-1-5-9-13-17-21-25-22-18-14-10-6-2-4-8-12-16-20-24(28)29/h25H,1-22H2,(H,26,27)(H,28,29). The van der Waals surface area contributed by atoms with Crippen LogP contribution < -0.4 is 5.32 Å². The van der Waals surface area contributed by atoms with Crippen LogP contribution in [-0.4, -0.2) is 35.2 Å². The van der Waals surface area contributed by atoms with Crippen LogP contribution in [0.4, 0.5) is 0 Å². The number of hydrogen-bond acceptors (Lipinski definition) is 3. The van der Waals surface area contributed by atoms with E-state index in [0.29, 0.717) is 12.8 Å². The fourth-order valence-electron chi connectivity index (χ4n) is 3.65. The topological polar surface area (TPSA) is 86.6 Å². The lowest BCUT2D eigenvalue weighted by molar-refractivity contribution is -0.138. The van der Waals surface area contributed by atoms with E-state index in [1.165, 1.54) is 89.9 Å². The molecule has 0 fully saturated rings. The van der Waals surface area contributed by atoms with Gasteiger partial charge in [0, 0.05) is 12.8 Å². The van der Waals surface area contributed by atoms with Crippen molar-refractivity contribution in [2.24, 2.45) is 0 Å². The summed E-state index contributed by atoms with van der Waals surface area (Å²) in [6.07, 6.45) is 22.4. The fourth-order valence-corrected chi connectivity index (χ4v) is 3.65. The minimum absolute atomic E-state index is 0.324. The van der Waals surface area contributed by atoms with Gasteiger partial charge in [-0.2, -0.15) is 0 Å². The summed E-state index contributed by atoms with van der Waals surface area (Å²) in [7, 11) is 0. The molecule has 0 unspecified atom stereocenters. The van der Waals surface area contributed by atoms with Gasteiger partial charge in [-0.15, -0.1) is 0 Å². The van der Waals surface area contributed by atoms with Crippen LogP contribution in [-0.2, 0) is 9.59 Å². The lowest BCUT2D eigenvalue weighted by atomic mass is 10.1. The zero-order valence-corrected chi connectivity index (χ0v) is 18.8. The number of carboxylic acids is 2. The third kappa shape index (κ3) is 26.9. The van der Waals surface area contributed by atoms with Gasteiger partial charge in [-0.3, -0.25) is 9.59 Å². The van der Waals surface area contributed by atoms with Crippen molar-refractivity contribution in [2.75, 3.05) is 13.1 Å². The van der Waals surface area contributed by atoms with E-state index >= 15 is 0 Å². The van der Waals surface area contributed by atoms with Gasteiger partial charge in [0.1, 0.15) is 0 Å². The van der Waals surface area contributed by atoms with Crippen LogP contribution in [0.1, 0.15) is 128 Å². The Kier molecular flexibility index (Phi) is 22.3. The van der Waals surface area contributed by atoms with Crippen LogP contribution in [0, 0.1) is 0 Å². The van der Waals surface area contributed by atoms with E-state index in [4.69, 9.17) is 10.2 Å². The summed E-state index contributed by atoms with van der Waals surface area (Å²) in [6, 6.07) is 0. The molecule has 0 aromatic rings. The summed E-state index contributed by atoms with van der Waals surface area (Å²) in [5, 5.41) is 20.7. The summed E-state index contributed by atoms with van der Waals surface area (Å²) in [6.45, 7) is 2.29. The first-order valence-corrected chi connectivity index (χ1v) is 12.3. The first-order valence-electron chi connectivity index (χ1n) is 12.3. The highest BCUT2D eigenvalue weighted by atomic mass is 16.4. The molecule has 0 atom stereocenters. The highest BCUT2D eigenvalue weighted by Gasteiger charge is 1.98. The summed E-state index contributed by atoms with van der Waals surface area (Å²) >= 11 is 0.